The van der Waals surface area contributed by atoms with Crippen molar-refractivity contribution in [1.29, 1.82) is 5.26 Å². The van der Waals surface area contributed by atoms with Crippen LogP contribution in [0.4, 0.5) is 4.79 Å². The average molecular weight is 552 g/mol. The zero-order valence-electron chi connectivity index (χ0n) is 16.8. The average Bonchev–Trinajstić information content (AvgIpc) is 3.07. The molecule has 1 aliphatic heterocycles. The van der Waals surface area contributed by atoms with Crippen molar-refractivity contribution in [2.75, 3.05) is 0 Å². The van der Waals surface area contributed by atoms with Gasteiger partial charge in [0.25, 0.3) is 11.1 Å². The van der Waals surface area contributed by atoms with Crippen molar-refractivity contribution in [2.24, 2.45) is 0 Å². The molecule has 158 valence electrons. The first-order valence-electron chi connectivity index (χ1n) is 9.74. The van der Waals surface area contributed by atoms with Crippen LogP contribution in [0, 0.1) is 14.9 Å². The molecule has 0 aliphatic carbocycles. The summed E-state index contributed by atoms with van der Waals surface area (Å²) < 4.78 is 6.99. The molecule has 1 saturated heterocycles. The number of thioether (sulfide) groups is 1. The summed E-state index contributed by atoms with van der Waals surface area (Å²) in [6.07, 6.45) is 1.70. The first kappa shape index (κ1) is 22.1. The number of nitriles is 1. The Morgan fingerprint density at radius 3 is 2.44 bits per heavy atom. The van der Waals surface area contributed by atoms with Gasteiger partial charge in [0.15, 0.2) is 0 Å². The van der Waals surface area contributed by atoms with Gasteiger partial charge in [-0.25, -0.2) is 0 Å². The second-order valence-electron chi connectivity index (χ2n) is 7.02. The van der Waals surface area contributed by atoms with Gasteiger partial charge in [-0.15, -0.1) is 0 Å². The molecule has 1 heterocycles. The molecule has 1 fully saturated rings. The fraction of sp³-hybridized carbons (Fsp3) is 0.0800. The SMILES string of the molecule is N#Cc1ccccc1CN1C(=O)S/C(=C/c2ccc(OCc3ccc(I)cc3)cc2)C1=O. The number of imide groups is 1. The highest BCUT2D eigenvalue weighted by Gasteiger charge is 2.35. The summed E-state index contributed by atoms with van der Waals surface area (Å²) in [7, 11) is 0. The van der Waals surface area contributed by atoms with Crippen molar-refractivity contribution in [2.45, 2.75) is 13.2 Å². The number of halogens is 1. The molecule has 4 rings (SSSR count). The van der Waals surface area contributed by atoms with Crippen molar-refractivity contribution < 1.29 is 14.3 Å². The molecule has 0 radical (unpaired) electrons. The maximum absolute atomic E-state index is 12.8. The third-order valence-corrected chi connectivity index (χ3v) is 6.46. The lowest BCUT2D eigenvalue weighted by molar-refractivity contribution is -0.123. The molecule has 0 atom stereocenters. The summed E-state index contributed by atoms with van der Waals surface area (Å²) in [4.78, 5) is 26.7. The predicted molar refractivity (Wildman–Crippen MR) is 133 cm³/mol. The Morgan fingerprint density at radius 2 is 1.72 bits per heavy atom. The van der Waals surface area contributed by atoms with E-state index in [1.165, 1.54) is 8.47 Å². The Labute approximate surface area is 203 Å². The first-order chi connectivity index (χ1) is 15.5. The Kier molecular flexibility index (Phi) is 6.93. The number of nitrogens with zero attached hydrogens (tertiary/aromatic N) is 2. The Bertz CT molecular complexity index is 1230. The quantitative estimate of drug-likeness (QED) is 0.278. The van der Waals surface area contributed by atoms with Crippen LogP contribution in [0.25, 0.3) is 6.08 Å². The second-order valence-corrected chi connectivity index (χ2v) is 9.26. The molecule has 3 aromatic rings. The number of amides is 2. The van der Waals surface area contributed by atoms with Crippen LogP contribution >= 0.6 is 34.4 Å². The minimum atomic E-state index is -0.355. The molecule has 0 N–H and O–H groups in total. The van der Waals surface area contributed by atoms with E-state index in [0.717, 1.165) is 28.6 Å². The van der Waals surface area contributed by atoms with Crippen LogP contribution in [0.5, 0.6) is 5.75 Å². The predicted octanol–water partition coefficient (Wildman–Crippen LogP) is 5.98. The second kappa shape index (κ2) is 10.0. The third kappa shape index (κ3) is 5.21. The molecule has 2 amide bonds. The number of benzene rings is 3. The van der Waals surface area contributed by atoms with E-state index in [1.807, 2.05) is 48.5 Å². The molecule has 5 nitrogen and oxygen atoms in total. The number of rotatable bonds is 6. The van der Waals surface area contributed by atoms with Crippen LogP contribution in [0.2, 0.25) is 0 Å². The van der Waals surface area contributed by atoms with Crippen LogP contribution in [-0.4, -0.2) is 16.0 Å². The summed E-state index contributed by atoms with van der Waals surface area (Å²) in [5, 5.41) is 8.90. The molecule has 0 spiro atoms. The maximum atomic E-state index is 12.8. The summed E-state index contributed by atoms with van der Waals surface area (Å²) in [5.41, 5.74) is 2.99. The highest BCUT2D eigenvalue weighted by molar-refractivity contribution is 14.1. The molecule has 3 aromatic carbocycles. The van der Waals surface area contributed by atoms with Crippen molar-refractivity contribution in [1.82, 2.24) is 4.90 Å². The normalized spacial score (nSPS) is 14.6. The van der Waals surface area contributed by atoms with Crippen LogP contribution in [0.15, 0.2) is 77.7 Å². The van der Waals surface area contributed by atoms with E-state index >= 15 is 0 Å². The van der Waals surface area contributed by atoms with Crippen LogP contribution in [0.1, 0.15) is 22.3 Å². The van der Waals surface area contributed by atoms with Gasteiger partial charge in [0.1, 0.15) is 12.4 Å². The van der Waals surface area contributed by atoms with Crippen LogP contribution in [-0.2, 0) is 17.9 Å². The van der Waals surface area contributed by atoms with Gasteiger partial charge in [-0.3, -0.25) is 14.5 Å². The molecule has 32 heavy (non-hydrogen) atoms. The highest BCUT2D eigenvalue weighted by atomic mass is 127. The van der Waals surface area contributed by atoms with E-state index in [4.69, 9.17) is 4.74 Å². The number of hydrogen-bond acceptors (Lipinski definition) is 5. The lowest BCUT2D eigenvalue weighted by Crippen LogP contribution is -2.27. The number of carbonyl (C=O) groups is 2. The fourth-order valence-electron chi connectivity index (χ4n) is 3.13. The van der Waals surface area contributed by atoms with E-state index in [1.54, 1.807) is 30.3 Å². The molecular formula is C25H17IN2O3S. The molecule has 1 aliphatic rings. The van der Waals surface area contributed by atoms with Gasteiger partial charge >= 0.3 is 0 Å². The minimum absolute atomic E-state index is 0.0804. The lowest BCUT2D eigenvalue weighted by Gasteiger charge is -2.13. The first-order valence-corrected chi connectivity index (χ1v) is 11.6. The van der Waals surface area contributed by atoms with Crippen molar-refractivity contribution in [3.8, 4) is 11.8 Å². The molecule has 0 unspecified atom stereocenters. The Morgan fingerprint density at radius 1 is 1.00 bits per heavy atom. The highest BCUT2D eigenvalue weighted by Crippen LogP contribution is 2.33. The molecule has 0 saturated carbocycles. The van der Waals surface area contributed by atoms with E-state index < -0.39 is 0 Å². The van der Waals surface area contributed by atoms with Crippen LogP contribution in [0.3, 0.4) is 0 Å². The molecular weight excluding hydrogens is 535 g/mol. The van der Waals surface area contributed by atoms with Gasteiger partial charge in [-0.1, -0.05) is 42.5 Å². The van der Waals surface area contributed by atoms with E-state index in [-0.39, 0.29) is 17.7 Å². The van der Waals surface area contributed by atoms with E-state index in [0.29, 0.717) is 22.6 Å². The number of carbonyl (C=O) groups excluding carboxylic acids is 2. The van der Waals surface area contributed by atoms with Crippen LogP contribution < -0.4 is 4.74 Å². The smallest absolute Gasteiger partial charge is 0.293 e. The standard InChI is InChI=1S/C25H17IN2O3S/c26-21-9-5-18(6-10-21)16-31-22-11-7-17(8-12-22)13-23-24(29)28(25(30)32-23)15-20-4-2-1-3-19(20)14-27/h1-13H,15-16H2/b23-13+. The van der Waals surface area contributed by atoms with E-state index in [2.05, 4.69) is 28.7 Å². The van der Waals surface area contributed by atoms with Crippen molar-refractivity contribution in [3.63, 3.8) is 0 Å². The maximum Gasteiger partial charge on any atom is 0.293 e. The fourth-order valence-corrected chi connectivity index (χ4v) is 4.33. The van der Waals surface area contributed by atoms with Gasteiger partial charge in [0.05, 0.1) is 23.1 Å². The lowest BCUT2D eigenvalue weighted by atomic mass is 10.1. The van der Waals surface area contributed by atoms with Crippen molar-refractivity contribution >= 4 is 51.6 Å². The molecule has 0 bridgehead atoms. The molecule has 7 heteroatoms. The Balaban J connectivity index is 1.42. The van der Waals surface area contributed by atoms with Crippen molar-refractivity contribution in [3.05, 3.63) is 104 Å². The van der Waals surface area contributed by atoms with Gasteiger partial charge in [-0.2, -0.15) is 5.26 Å². The summed E-state index contributed by atoms with van der Waals surface area (Å²) in [5.74, 6) is 0.369. The third-order valence-electron chi connectivity index (χ3n) is 4.84. The van der Waals surface area contributed by atoms with E-state index in [9.17, 15) is 14.9 Å². The topological polar surface area (TPSA) is 70.4 Å². The largest absolute Gasteiger partial charge is 0.489 e. The number of ether oxygens (including phenoxy) is 1. The Hall–Kier alpha value is -3.09. The van der Waals surface area contributed by atoms with Gasteiger partial charge < -0.3 is 4.74 Å². The van der Waals surface area contributed by atoms with Gasteiger partial charge in [0.2, 0.25) is 0 Å². The van der Waals surface area contributed by atoms with Gasteiger partial charge in [0, 0.05) is 3.57 Å². The number of hydrogen-bond donors (Lipinski definition) is 0. The summed E-state index contributed by atoms with van der Waals surface area (Å²) >= 11 is 3.17. The minimum Gasteiger partial charge on any atom is -0.489 e. The monoisotopic (exact) mass is 552 g/mol. The zero-order chi connectivity index (χ0) is 22.5. The molecule has 0 aromatic heterocycles. The summed E-state index contributed by atoms with van der Waals surface area (Å²) in [6, 6.07) is 24.6. The summed E-state index contributed by atoms with van der Waals surface area (Å²) in [6.45, 7) is 0.552. The zero-order valence-corrected chi connectivity index (χ0v) is 19.8. The van der Waals surface area contributed by atoms with Gasteiger partial charge in [-0.05, 0) is 87.5 Å².